The fourth-order valence-corrected chi connectivity index (χ4v) is 1.93. The Morgan fingerprint density at radius 3 is 2.29 bits per heavy atom. The number of hydrogen-bond acceptors (Lipinski definition) is 3. The second kappa shape index (κ2) is 8.12. The molecule has 0 saturated carbocycles. The van der Waals surface area contributed by atoms with E-state index in [1.54, 1.807) is 6.20 Å². The van der Waals surface area contributed by atoms with Gasteiger partial charge in [-0.2, -0.15) is 0 Å². The molecule has 0 saturated heterocycles. The van der Waals surface area contributed by atoms with Crippen LogP contribution in [0.3, 0.4) is 0 Å². The van der Waals surface area contributed by atoms with Crippen LogP contribution >= 0.6 is 0 Å². The average Bonchev–Trinajstić information content (AvgIpc) is 2.56. The quantitative estimate of drug-likeness (QED) is 0.716. The highest BCUT2D eigenvalue weighted by molar-refractivity contribution is 5.77. The maximum Gasteiger partial charge on any atom is 0.159 e. The third-order valence-corrected chi connectivity index (χ3v) is 2.94. The molecule has 3 rings (SSSR count). The van der Waals surface area contributed by atoms with Crippen LogP contribution in [0.1, 0.15) is 13.8 Å². The molecule has 0 spiro atoms. The van der Waals surface area contributed by atoms with E-state index in [2.05, 4.69) is 28.2 Å². The molecule has 0 atom stereocenters. The van der Waals surface area contributed by atoms with Gasteiger partial charge in [0, 0.05) is 30.4 Å². The molecule has 0 aliphatic carbocycles. The predicted octanol–water partition coefficient (Wildman–Crippen LogP) is 4.34. The summed E-state index contributed by atoms with van der Waals surface area (Å²) in [4.78, 5) is 8.79. The molecule has 1 aromatic carbocycles. The van der Waals surface area contributed by atoms with E-state index >= 15 is 0 Å². The fourth-order valence-electron chi connectivity index (χ4n) is 1.93. The van der Waals surface area contributed by atoms with Crippen LogP contribution in [0, 0.1) is 0 Å². The number of benzene rings is 1. The summed E-state index contributed by atoms with van der Waals surface area (Å²) >= 11 is 0. The first-order valence-corrected chi connectivity index (χ1v) is 7.20. The van der Waals surface area contributed by atoms with E-state index in [0.717, 1.165) is 35.5 Å². The molecular weight excluding hydrogens is 260 g/mol. The highest BCUT2D eigenvalue weighted by Gasteiger charge is 2.00. The van der Waals surface area contributed by atoms with E-state index in [1.807, 2.05) is 50.2 Å². The van der Waals surface area contributed by atoms with Gasteiger partial charge < -0.3 is 4.74 Å². The van der Waals surface area contributed by atoms with Crippen LogP contribution < -0.4 is 0 Å². The topological polar surface area (TPSA) is 35.0 Å². The summed E-state index contributed by atoms with van der Waals surface area (Å²) in [5.74, 6) is 0. The molecule has 3 aromatic rings. The summed E-state index contributed by atoms with van der Waals surface area (Å²) in [5, 5.41) is 1.07. The van der Waals surface area contributed by atoms with Crippen molar-refractivity contribution in [1.82, 2.24) is 9.97 Å². The molecule has 108 valence electrons. The number of fused-ring (bicyclic) bond motifs is 1. The molecular formula is C18H20N2O. The zero-order chi connectivity index (χ0) is 14.9. The molecule has 3 nitrogen and oxygen atoms in total. The first kappa shape index (κ1) is 15.1. The predicted molar refractivity (Wildman–Crippen MR) is 87.1 cm³/mol. The maximum absolute atomic E-state index is 4.83. The molecule has 0 N–H and O–H groups in total. The Kier molecular flexibility index (Phi) is 5.85. The van der Waals surface area contributed by atoms with Gasteiger partial charge in [0.25, 0.3) is 0 Å². The van der Waals surface area contributed by atoms with E-state index in [-0.39, 0.29) is 0 Å². The van der Waals surface area contributed by atoms with Crippen molar-refractivity contribution >= 4 is 11.0 Å². The Balaban J connectivity index is 0.000000282. The van der Waals surface area contributed by atoms with Gasteiger partial charge in [-0.05, 0) is 38.1 Å². The van der Waals surface area contributed by atoms with Crippen molar-refractivity contribution in [2.24, 2.45) is 0 Å². The lowest BCUT2D eigenvalue weighted by molar-refractivity contribution is 0.162. The van der Waals surface area contributed by atoms with Gasteiger partial charge in [-0.15, -0.1) is 0 Å². The molecule has 0 unspecified atom stereocenters. The maximum atomic E-state index is 4.83. The SMILES string of the molecule is CCOCC.c1ccc(-c2ccc3cccnc3n2)cc1. The minimum Gasteiger partial charge on any atom is -0.382 e. The van der Waals surface area contributed by atoms with Crippen LogP contribution in [0.25, 0.3) is 22.3 Å². The van der Waals surface area contributed by atoms with E-state index in [4.69, 9.17) is 4.74 Å². The molecule has 2 heterocycles. The lowest BCUT2D eigenvalue weighted by atomic mass is 10.1. The third kappa shape index (κ3) is 4.36. The Labute approximate surface area is 125 Å². The molecule has 0 fully saturated rings. The first-order chi connectivity index (χ1) is 10.3. The summed E-state index contributed by atoms with van der Waals surface area (Å²) in [6, 6.07) is 18.2. The van der Waals surface area contributed by atoms with E-state index in [0.29, 0.717) is 0 Å². The summed E-state index contributed by atoms with van der Waals surface area (Å²) in [5.41, 5.74) is 2.88. The lowest BCUT2D eigenvalue weighted by Gasteiger charge is -2.01. The normalized spacial score (nSPS) is 10.0. The van der Waals surface area contributed by atoms with Gasteiger partial charge in [-0.25, -0.2) is 9.97 Å². The second-order valence-electron chi connectivity index (χ2n) is 4.39. The van der Waals surface area contributed by atoms with Crippen molar-refractivity contribution in [3.8, 4) is 11.3 Å². The zero-order valence-electron chi connectivity index (χ0n) is 12.5. The number of hydrogen-bond donors (Lipinski definition) is 0. The van der Waals surface area contributed by atoms with Crippen molar-refractivity contribution in [3.63, 3.8) is 0 Å². The van der Waals surface area contributed by atoms with Gasteiger partial charge in [-0.1, -0.05) is 30.3 Å². The van der Waals surface area contributed by atoms with Gasteiger partial charge in [0.2, 0.25) is 0 Å². The Morgan fingerprint density at radius 1 is 0.857 bits per heavy atom. The van der Waals surface area contributed by atoms with Crippen molar-refractivity contribution in [2.45, 2.75) is 13.8 Å². The summed E-state index contributed by atoms with van der Waals surface area (Å²) in [6.07, 6.45) is 1.77. The minimum atomic E-state index is 0.795. The van der Waals surface area contributed by atoms with Gasteiger partial charge in [0.05, 0.1) is 5.69 Å². The van der Waals surface area contributed by atoms with Gasteiger partial charge in [-0.3, -0.25) is 0 Å². The van der Waals surface area contributed by atoms with Crippen molar-refractivity contribution in [2.75, 3.05) is 13.2 Å². The Morgan fingerprint density at radius 2 is 1.62 bits per heavy atom. The Hall–Kier alpha value is -2.26. The van der Waals surface area contributed by atoms with Gasteiger partial charge >= 0.3 is 0 Å². The van der Waals surface area contributed by atoms with Crippen LogP contribution in [-0.4, -0.2) is 23.2 Å². The van der Waals surface area contributed by atoms with Crippen LogP contribution in [0.4, 0.5) is 0 Å². The smallest absolute Gasteiger partial charge is 0.159 e. The molecule has 0 radical (unpaired) electrons. The largest absolute Gasteiger partial charge is 0.382 e. The van der Waals surface area contributed by atoms with Crippen LogP contribution in [-0.2, 0) is 4.74 Å². The van der Waals surface area contributed by atoms with Crippen LogP contribution in [0.15, 0.2) is 60.8 Å². The van der Waals surface area contributed by atoms with Gasteiger partial charge in [0.1, 0.15) is 0 Å². The molecule has 0 amide bonds. The highest BCUT2D eigenvalue weighted by atomic mass is 16.5. The van der Waals surface area contributed by atoms with Crippen molar-refractivity contribution in [3.05, 3.63) is 60.8 Å². The monoisotopic (exact) mass is 280 g/mol. The number of pyridine rings is 2. The lowest BCUT2D eigenvalue weighted by Crippen LogP contribution is -1.86. The second-order valence-corrected chi connectivity index (χ2v) is 4.39. The van der Waals surface area contributed by atoms with Crippen LogP contribution in [0.2, 0.25) is 0 Å². The number of ether oxygens (including phenoxy) is 1. The molecule has 0 aliphatic heterocycles. The number of rotatable bonds is 3. The molecule has 0 bridgehead atoms. The zero-order valence-corrected chi connectivity index (χ0v) is 12.5. The number of nitrogens with zero attached hydrogens (tertiary/aromatic N) is 2. The molecule has 3 heteroatoms. The fraction of sp³-hybridized carbons (Fsp3) is 0.222. The van der Waals surface area contributed by atoms with Gasteiger partial charge in [0.15, 0.2) is 5.65 Å². The highest BCUT2D eigenvalue weighted by Crippen LogP contribution is 2.19. The van der Waals surface area contributed by atoms with E-state index in [1.165, 1.54) is 0 Å². The molecule has 21 heavy (non-hydrogen) atoms. The molecule has 2 aromatic heterocycles. The summed E-state index contributed by atoms with van der Waals surface area (Å²) in [7, 11) is 0. The minimum absolute atomic E-state index is 0.795. The third-order valence-electron chi connectivity index (χ3n) is 2.94. The molecule has 0 aliphatic rings. The number of aromatic nitrogens is 2. The summed E-state index contributed by atoms with van der Waals surface area (Å²) in [6.45, 7) is 5.67. The Bertz CT molecular complexity index is 666. The standard InChI is InChI=1S/C14H10N2.C4H10O/c1-2-5-11(6-3-1)13-9-8-12-7-4-10-15-14(12)16-13;1-3-5-4-2/h1-10H;3-4H2,1-2H3. The van der Waals surface area contributed by atoms with Crippen molar-refractivity contribution < 1.29 is 4.74 Å². The summed E-state index contributed by atoms with van der Waals surface area (Å²) < 4.78 is 4.83. The van der Waals surface area contributed by atoms with E-state index in [9.17, 15) is 0 Å². The average molecular weight is 280 g/mol. The van der Waals surface area contributed by atoms with Crippen molar-refractivity contribution in [1.29, 1.82) is 0 Å². The van der Waals surface area contributed by atoms with Crippen LogP contribution in [0.5, 0.6) is 0 Å². The first-order valence-electron chi connectivity index (χ1n) is 7.20. The van der Waals surface area contributed by atoms with E-state index < -0.39 is 0 Å².